The lowest BCUT2D eigenvalue weighted by molar-refractivity contribution is 0.469. The van der Waals surface area contributed by atoms with Crippen molar-refractivity contribution in [3.8, 4) is 0 Å². The number of hydrogen-bond donors (Lipinski definition) is 2. The molecule has 0 unspecified atom stereocenters. The Labute approximate surface area is 81.1 Å². The van der Waals surface area contributed by atoms with Gasteiger partial charge in [0.25, 0.3) is 0 Å². The molecular weight excluding hydrogens is 148 g/mol. The van der Waals surface area contributed by atoms with Gasteiger partial charge < -0.3 is 10.6 Å². The standard InChI is InChI=1S/2C5H13N/c2*1-5(2,3)6-4/h2*6H,1-4H3/i/hD2. The Hall–Kier alpha value is -0.0800. The van der Waals surface area contributed by atoms with Crippen molar-refractivity contribution in [2.75, 3.05) is 14.1 Å². The lowest BCUT2D eigenvalue weighted by atomic mass is 10.1. The van der Waals surface area contributed by atoms with E-state index in [-0.39, 0.29) is 11.1 Å². The van der Waals surface area contributed by atoms with E-state index in [9.17, 15) is 0 Å². The molecule has 2 N–H and O–H groups in total. The quantitative estimate of drug-likeness (QED) is 0.590. The molecule has 0 heterocycles. The van der Waals surface area contributed by atoms with Crippen LogP contribution in [-0.2, 0) is 0 Å². The number of nitrogens with one attached hydrogen (secondary N) is 2. The van der Waals surface area contributed by atoms with Gasteiger partial charge in [-0.15, -0.1) is 0 Å². The minimum Gasteiger partial charge on any atom is -0.315 e. The Kier molecular flexibility index (Phi) is 4.62. The molecule has 2 nitrogen and oxygen atoms in total. The van der Waals surface area contributed by atoms with Crippen LogP contribution in [0.4, 0.5) is 0 Å². The van der Waals surface area contributed by atoms with Crippen LogP contribution in [0.1, 0.15) is 41.5 Å². The molecule has 0 aliphatic carbocycles. The van der Waals surface area contributed by atoms with E-state index in [2.05, 4.69) is 0 Å². The highest BCUT2D eigenvalue weighted by molar-refractivity contribution is 4.65. The molecule has 12 heavy (non-hydrogen) atoms. The fourth-order valence-corrected chi connectivity index (χ4v) is 0. The first-order chi connectivity index (χ1) is 5.89. The van der Waals surface area contributed by atoms with Gasteiger partial charge in [-0.2, -0.15) is 0 Å². The van der Waals surface area contributed by atoms with Crippen molar-refractivity contribution in [2.45, 2.75) is 52.6 Å². The molecule has 0 rings (SSSR count). The van der Waals surface area contributed by atoms with Gasteiger partial charge >= 0.3 is 0 Å². The smallest absolute Gasteiger partial charge is 0.122 e. The van der Waals surface area contributed by atoms with Crippen molar-refractivity contribution in [2.24, 2.45) is 0 Å². The number of hydrogen-bond acceptors (Lipinski definition) is 2. The predicted octanol–water partition coefficient (Wildman–Crippen LogP) is 2.01. The van der Waals surface area contributed by atoms with Crippen LogP contribution in [0.5, 0.6) is 0 Å². The molecule has 0 aromatic rings. The van der Waals surface area contributed by atoms with E-state index in [4.69, 9.17) is 2.82 Å². The van der Waals surface area contributed by atoms with E-state index in [0.29, 0.717) is 0 Å². The van der Waals surface area contributed by atoms with Gasteiger partial charge in [-0.05, 0) is 55.6 Å². The molecule has 76 valence electrons. The molecular formula is C10H26N2. The molecule has 0 radical (unpaired) electrons. The largest absolute Gasteiger partial charge is 0.315 e. The van der Waals surface area contributed by atoms with E-state index in [1.807, 2.05) is 41.5 Å². The van der Waals surface area contributed by atoms with Crippen LogP contribution in [0, 0.1) is 0 Å². The summed E-state index contributed by atoms with van der Waals surface area (Å²) in [5.74, 6) is 0. The molecule has 0 aromatic heterocycles. The fraction of sp³-hybridized carbons (Fsp3) is 1.00. The third-order valence-electron chi connectivity index (χ3n) is 1.34. The molecule has 0 fully saturated rings. The number of rotatable bonds is 0. The van der Waals surface area contributed by atoms with E-state index in [1.54, 1.807) is 14.1 Å². The maximum Gasteiger partial charge on any atom is 0.122 e. The molecule has 0 saturated carbocycles. The maximum atomic E-state index is 7.06. The summed E-state index contributed by atoms with van der Waals surface area (Å²) in [4.78, 5) is 0. The first-order valence-corrected chi connectivity index (χ1v) is 4.34. The molecule has 0 aromatic carbocycles. The SMILES string of the molecule is [2H]N(C)C(C)(C)C.[2H]N(C)C(C)(C)C. The van der Waals surface area contributed by atoms with Crippen LogP contribution >= 0.6 is 0 Å². The zero-order chi connectivity index (χ0) is 12.2. The van der Waals surface area contributed by atoms with Crippen molar-refractivity contribution in [1.82, 2.24) is 10.6 Å². The predicted molar refractivity (Wildman–Crippen MR) is 57.6 cm³/mol. The van der Waals surface area contributed by atoms with E-state index in [0.717, 1.165) is 0 Å². The fourth-order valence-electron chi connectivity index (χ4n) is 0. The Morgan fingerprint density at radius 2 is 0.833 bits per heavy atom. The summed E-state index contributed by atoms with van der Waals surface area (Å²) in [5.41, 5.74) is 0. The van der Waals surface area contributed by atoms with Gasteiger partial charge in [0.1, 0.15) is 2.82 Å². The van der Waals surface area contributed by atoms with Crippen molar-refractivity contribution in [3.05, 3.63) is 0 Å². The van der Waals surface area contributed by atoms with Crippen LogP contribution in [-0.4, -0.2) is 25.2 Å². The highest BCUT2D eigenvalue weighted by Crippen LogP contribution is 1.94. The Bertz CT molecular complexity index is 125. The van der Waals surface area contributed by atoms with Gasteiger partial charge in [0.15, 0.2) is 0 Å². The second kappa shape index (κ2) is 5.55. The summed E-state index contributed by atoms with van der Waals surface area (Å²) in [6, 6.07) is 0. The highest BCUT2D eigenvalue weighted by Gasteiger charge is 2.02. The molecule has 0 spiro atoms. The Balaban J connectivity index is 0. The molecule has 0 bridgehead atoms. The Morgan fingerprint density at radius 1 is 0.750 bits per heavy atom. The molecule has 2 heteroatoms. The summed E-state index contributed by atoms with van der Waals surface area (Å²) < 4.78 is 14.1. The van der Waals surface area contributed by atoms with E-state index >= 15 is 0 Å². The minimum absolute atomic E-state index is 0. The van der Waals surface area contributed by atoms with Gasteiger partial charge in [0.05, 0.1) is 0 Å². The van der Waals surface area contributed by atoms with Crippen molar-refractivity contribution >= 4 is 0 Å². The summed E-state index contributed by atoms with van der Waals surface area (Å²) >= 11 is 0. The first-order valence-electron chi connectivity index (χ1n) is 5.24. The topological polar surface area (TPSA) is 24.1 Å². The Morgan fingerprint density at radius 3 is 0.833 bits per heavy atom. The van der Waals surface area contributed by atoms with Crippen molar-refractivity contribution in [3.63, 3.8) is 0 Å². The molecule has 0 amide bonds. The molecule has 0 saturated heterocycles. The van der Waals surface area contributed by atoms with Crippen LogP contribution in [0.2, 0.25) is 2.82 Å². The first kappa shape index (κ1) is 10.0. The second-order valence-corrected chi connectivity index (χ2v) is 4.79. The van der Waals surface area contributed by atoms with Gasteiger partial charge in [0.2, 0.25) is 0 Å². The van der Waals surface area contributed by atoms with Gasteiger partial charge in [-0.25, -0.2) is 0 Å². The normalized spacial score (nSPS) is 15.2. The van der Waals surface area contributed by atoms with Crippen LogP contribution in [0.3, 0.4) is 0 Å². The molecule has 0 aliphatic heterocycles. The van der Waals surface area contributed by atoms with E-state index in [1.165, 1.54) is 10.6 Å². The zero-order valence-corrected chi connectivity index (χ0v) is 9.89. The second-order valence-electron chi connectivity index (χ2n) is 4.79. The van der Waals surface area contributed by atoms with Crippen molar-refractivity contribution in [1.29, 1.82) is 0 Å². The lowest BCUT2D eigenvalue weighted by Crippen LogP contribution is -2.31. The average molecular weight is 176 g/mol. The maximum absolute atomic E-state index is 7.06. The third-order valence-corrected chi connectivity index (χ3v) is 1.34. The van der Waals surface area contributed by atoms with Crippen LogP contribution < -0.4 is 10.6 Å². The van der Waals surface area contributed by atoms with E-state index < -0.39 is 0 Å². The highest BCUT2D eigenvalue weighted by atomic mass is 14.9. The molecule has 0 atom stereocenters. The zero-order valence-electron chi connectivity index (χ0n) is 11.9. The molecule has 0 aliphatic rings. The summed E-state index contributed by atoms with van der Waals surface area (Å²) in [5, 5.41) is 2.88. The minimum atomic E-state index is 0. The van der Waals surface area contributed by atoms with Gasteiger partial charge in [-0.1, -0.05) is 0 Å². The van der Waals surface area contributed by atoms with Crippen LogP contribution in [0.25, 0.3) is 0 Å². The monoisotopic (exact) mass is 176 g/mol. The van der Waals surface area contributed by atoms with Crippen molar-refractivity contribution < 1.29 is 2.82 Å². The van der Waals surface area contributed by atoms with Gasteiger partial charge in [0, 0.05) is 11.1 Å². The van der Waals surface area contributed by atoms with Gasteiger partial charge in [-0.3, -0.25) is 0 Å². The lowest BCUT2D eigenvalue weighted by Gasteiger charge is -2.15. The average Bonchev–Trinajstić information content (AvgIpc) is 1.83. The third kappa shape index (κ3) is 22.5. The summed E-state index contributed by atoms with van der Waals surface area (Å²) in [7, 11) is 3.50. The summed E-state index contributed by atoms with van der Waals surface area (Å²) in [6.07, 6.45) is 0. The van der Waals surface area contributed by atoms with Crippen LogP contribution in [0.15, 0.2) is 0 Å². The summed E-state index contributed by atoms with van der Waals surface area (Å²) in [6.45, 7) is 12.0.